The molecule has 0 spiro atoms. The van der Waals surface area contributed by atoms with Crippen LogP contribution in [0.5, 0.6) is 0 Å². The van der Waals surface area contributed by atoms with Crippen molar-refractivity contribution in [2.24, 2.45) is 0 Å². The van der Waals surface area contributed by atoms with Gasteiger partial charge in [-0.3, -0.25) is 0 Å². The Morgan fingerprint density at radius 3 is 2.71 bits per heavy atom. The molecule has 1 heterocycles. The van der Waals surface area contributed by atoms with E-state index in [4.69, 9.17) is 0 Å². The molecule has 0 unspecified atom stereocenters. The Balaban J connectivity index is 1.90. The lowest BCUT2D eigenvalue weighted by molar-refractivity contribution is 0.200. The molecule has 0 aliphatic heterocycles. The minimum Gasteiger partial charge on any atom is -0.342 e. The highest BCUT2D eigenvalue weighted by Gasteiger charge is 2.15. The topological polar surface area (TPSA) is 64.3 Å². The van der Waals surface area contributed by atoms with Crippen LogP contribution in [0.1, 0.15) is 24.7 Å². The van der Waals surface area contributed by atoms with Crippen molar-refractivity contribution >= 4 is 17.1 Å². The summed E-state index contributed by atoms with van der Waals surface area (Å²) in [5, 5.41) is 3.08. The number of carbonyl (C=O) groups excluding carboxylic acids is 1. The Kier molecular flexibility index (Phi) is 6.20. The van der Waals surface area contributed by atoms with Crippen LogP contribution in [0.25, 0.3) is 11.0 Å². The zero-order valence-electron chi connectivity index (χ0n) is 15.4. The van der Waals surface area contributed by atoms with Crippen LogP contribution >= 0.6 is 0 Å². The number of nitrogens with zero attached hydrogens (tertiary/aromatic N) is 3. The summed E-state index contributed by atoms with van der Waals surface area (Å²) in [6.45, 7) is 5.62. The first-order chi connectivity index (χ1) is 11.4. The maximum absolute atomic E-state index is 12.3. The van der Waals surface area contributed by atoms with Crippen molar-refractivity contribution in [1.82, 2.24) is 25.1 Å². The molecule has 1 aromatic heterocycles. The van der Waals surface area contributed by atoms with Gasteiger partial charge in [-0.05, 0) is 39.1 Å². The first kappa shape index (κ1) is 18.3. The van der Waals surface area contributed by atoms with Gasteiger partial charge in [-0.1, -0.05) is 19.1 Å². The van der Waals surface area contributed by atoms with E-state index < -0.39 is 0 Å². The summed E-state index contributed by atoms with van der Waals surface area (Å²) in [6, 6.07) is 6.25. The largest absolute Gasteiger partial charge is 0.342 e. The number of nitrogens with one attached hydrogen (secondary N) is 2. The van der Waals surface area contributed by atoms with Gasteiger partial charge >= 0.3 is 6.03 Å². The molecule has 0 aliphatic rings. The van der Waals surface area contributed by atoms with E-state index >= 15 is 0 Å². The SMILES string of the molecule is CC[C@H](CN(C)C)NC(=O)N(C)CCc1nc2c(C)cccc2[nH]1. The van der Waals surface area contributed by atoms with Gasteiger partial charge in [-0.25, -0.2) is 9.78 Å². The van der Waals surface area contributed by atoms with Gasteiger partial charge in [0.1, 0.15) is 5.82 Å². The van der Waals surface area contributed by atoms with Crippen LogP contribution in [-0.2, 0) is 6.42 Å². The number of carbonyl (C=O) groups is 1. The number of aromatic nitrogens is 2. The minimum absolute atomic E-state index is 0.0315. The standard InChI is InChI=1S/C18H29N5O/c1-6-14(12-22(3)4)19-18(24)23(5)11-10-16-20-15-9-7-8-13(2)17(15)21-16/h7-9,14H,6,10-12H2,1-5H3,(H,19,24)(H,20,21)/t14-/m1/s1. The van der Waals surface area contributed by atoms with Crippen molar-refractivity contribution in [2.75, 3.05) is 34.2 Å². The van der Waals surface area contributed by atoms with Crippen LogP contribution in [0.4, 0.5) is 4.79 Å². The molecule has 2 aromatic rings. The smallest absolute Gasteiger partial charge is 0.317 e. The Hall–Kier alpha value is -2.08. The van der Waals surface area contributed by atoms with E-state index in [0.717, 1.165) is 35.4 Å². The van der Waals surface area contributed by atoms with Crippen molar-refractivity contribution in [2.45, 2.75) is 32.7 Å². The number of amides is 2. The highest BCUT2D eigenvalue weighted by atomic mass is 16.2. The number of benzene rings is 1. The maximum atomic E-state index is 12.3. The summed E-state index contributed by atoms with van der Waals surface area (Å²) < 4.78 is 0. The van der Waals surface area contributed by atoms with E-state index in [1.165, 1.54) is 0 Å². The second-order valence-electron chi connectivity index (χ2n) is 6.64. The molecule has 2 rings (SSSR count). The summed E-state index contributed by atoms with van der Waals surface area (Å²) in [5.41, 5.74) is 3.22. The van der Waals surface area contributed by atoms with Crippen molar-refractivity contribution < 1.29 is 4.79 Å². The summed E-state index contributed by atoms with van der Waals surface area (Å²) in [6.07, 6.45) is 1.63. The highest BCUT2D eigenvalue weighted by Crippen LogP contribution is 2.15. The summed E-state index contributed by atoms with van der Waals surface area (Å²) in [4.78, 5) is 24.1. The van der Waals surface area contributed by atoms with Crippen LogP contribution in [-0.4, -0.2) is 66.1 Å². The lowest BCUT2D eigenvalue weighted by atomic mass is 10.2. The third-order valence-electron chi connectivity index (χ3n) is 4.20. The number of para-hydroxylation sites is 1. The quantitative estimate of drug-likeness (QED) is 0.819. The number of imidazole rings is 1. The molecule has 0 aliphatic carbocycles. The third-order valence-corrected chi connectivity index (χ3v) is 4.20. The molecule has 1 atom stereocenters. The zero-order valence-corrected chi connectivity index (χ0v) is 15.4. The molecule has 6 nitrogen and oxygen atoms in total. The molecule has 1 aromatic carbocycles. The number of rotatable bonds is 7. The number of likely N-dealkylation sites (N-methyl/N-ethyl adjacent to an activating group) is 2. The number of hydrogen-bond donors (Lipinski definition) is 2. The van der Waals surface area contributed by atoms with Crippen molar-refractivity contribution in [3.05, 3.63) is 29.6 Å². The van der Waals surface area contributed by atoms with Gasteiger partial charge in [-0.15, -0.1) is 0 Å². The number of aromatic amines is 1. The van der Waals surface area contributed by atoms with Crippen LogP contribution in [0.3, 0.4) is 0 Å². The molecule has 0 fully saturated rings. The van der Waals surface area contributed by atoms with Crippen LogP contribution in [0.2, 0.25) is 0 Å². The summed E-state index contributed by atoms with van der Waals surface area (Å²) >= 11 is 0. The molecule has 2 N–H and O–H groups in total. The van der Waals surface area contributed by atoms with E-state index in [2.05, 4.69) is 40.1 Å². The Morgan fingerprint density at radius 2 is 2.08 bits per heavy atom. The number of urea groups is 1. The summed E-state index contributed by atoms with van der Waals surface area (Å²) in [5.74, 6) is 0.916. The Labute approximate surface area is 144 Å². The van der Waals surface area contributed by atoms with Crippen molar-refractivity contribution in [3.63, 3.8) is 0 Å². The Morgan fingerprint density at radius 1 is 1.33 bits per heavy atom. The number of H-pyrrole nitrogens is 1. The monoisotopic (exact) mass is 331 g/mol. The minimum atomic E-state index is -0.0315. The number of fused-ring (bicyclic) bond motifs is 1. The van der Waals surface area contributed by atoms with E-state index in [0.29, 0.717) is 13.0 Å². The predicted octanol–water partition coefficient (Wildman–Crippen LogP) is 2.40. The first-order valence-corrected chi connectivity index (χ1v) is 8.51. The third kappa shape index (κ3) is 4.71. The number of hydrogen-bond acceptors (Lipinski definition) is 3. The van der Waals surface area contributed by atoms with Gasteiger partial charge in [0, 0.05) is 32.6 Å². The van der Waals surface area contributed by atoms with E-state index in [1.807, 2.05) is 33.3 Å². The fraction of sp³-hybridized carbons (Fsp3) is 0.556. The van der Waals surface area contributed by atoms with Crippen LogP contribution in [0.15, 0.2) is 18.2 Å². The molecule has 24 heavy (non-hydrogen) atoms. The van der Waals surface area contributed by atoms with E-state index in [-0.39, 0.29) is 12.1 Å². The average Bonchev–Trinajstić information content (AvgIpc) is 2.96. The number of aryl methyl sites for hydroxylation is 1. The molecular formula is C18H29N5O. The predicted molar refractivity (Wildman–Crippen MR) is 98.3 cm³/mol. The fourth-order valence-corrected chi connectivity index (χ4v) is 2.72. The van der Waals surface area contributed by atoms with Crippen LogP contribution in [0, 0.1) is 6.92 Å². The Bertz CT molecular complexity index is 679. The molecule has 0 radical (unpaired) electrons. The van der Waals surface area contributed by atoms with Gasteiger partial charge in [0.05, 0.1) is 11.0 Å². The lowest BCUT2D eigenvalue weighted by Crippen LogP contribution is -2.47. The molecule has 0 saturated carbocycles. The zero-order chi connectivity index (χ0) is 17.7. The van der Waals surface area contributed by atoms with Gasteiger partial charge in [0.15, 0.2) is 0 Å². The average molecular weight is 331 g/mol. The molecule has 0 saturated heterocycles. The van der Waals surface area contributed by atoms with Crippen molar-refractivity contribution in [3.8, 4) is 0 Å². The summed E-state index contributed by atoms with van der Waals surface area (Å²) in [7, 11) is 5.86. The normalized spacial score (nSPS) is 12.6. The first-order valence-electron chi connectivity index (χ1n) is 8.51. The second-order valence-corrected chi connectivity index (χ2v) is 6.64. The second kappa shape index (κ2) is 8.15. The fourth-order valence-electron chi connectivity index (χ4n) is 2.72. The van der Waals surface area contributed by atoms with Gasteiger partial charge < -0.3 is 20.1 Å². The molecule has 0 bridgehead atoms. The molecule has 6 heteroatoms. The maximum Gasteiger partial charge on any atom is 0.317 e. The van der Waals surface area contributed by atoms with Crippen molar-refractivity contribution in [1.29, 1.82) is 0 Å². The van der Waals surface area contributed by atoms with Gasteiger partial charge in [0.25, 0.3) is 0 Å². The van der Waals surface area contributed by atoms with E-state index in [1.54, 1.807) is 4.90 Å². The highest BCUT2D eigenvalue weighted by molar-refractivity contribution is 5.78. The lowest BCUT2D eigenvalue weighted by Gasteiger charge is -2.24. The van der Waals surface area contributed by atoms with Gasteiger partial charge in [-0.2, -0.15) is 0 Å². The molecular weight excluding hydrogens is 302 g/mol. The van der Waals surface area contributed by atoms with Crippen LogP contribution < -0.4 is 5.32 Å². The van der Waals surface area contributed by atoms with Gasteiger partial charge in [0.2, 0.25) is 0 Å². The molecule has 2 amide bonds. The van der Waals surface area contributed by atoms with E-state index in [9.17, 15) is 4.79 Å². The molecule has 132 valence electrons.